The molecule has 0 fully saturated rings. The number of methoxy groups -OCH3 is 1. The molecule has 1 rings (SSSR count). The van der Waals surface area contributed by atoms with E-state index in [4.69, 9.17) is 14.9 Å². The average molecular weight is 282 g/mol. The largest absolute Gasteiger partial charge is 0.496 e. The highest BCUT2D eigenvalue weighted by Gasteiger charge is 2.21. The first kappa shape index (κ1) is 15.8. The van der Waals surface area contributed by atoms with Crippen molar-refractivity contribution >= 4 is 12.0 Å². The predicted octanol–water partition coefficient (Wildman–Crippen LogP) is 0.282. The number of benzene rings is 1. The molecule has 7 nitrogen and oxygen atoms in total. The molecule has 7 heteroatoms. The Morgan fingerprint density at radius 3 is 2.60 bits per heavy atom. The zero-order valence-electron chi connectivity index (χ0n) is 11.4. The number of urea groups is 1. The van der Waals surface area contributed by atoms with Crippen LogP contribution in [0.25, 0.3) is 0 Å². The van der Waals surface area contributed by atoms with Gasteiger partial charge in [0.2, 0.25) is 0 Å². The van der Waals surface area contributed by atoms with Gasteiger partial charge < -0.3 is 25.2 Å². The minimum atomic E-state index is -1.32. The van der Waals surface area contributed by atoms with Crippen molar-refractivity contribution in [2.24, 2.45) is 0 Å². The van der Waals surface area contributed by atoms with Crippen molar-refractivity contribution in [2.75, 3.05) is 20.8 Å². The highest BCUT2D eigenvalue weighted by Crippen LogP contribution is 2.18. The van der Waals surface area contributed by atoms with Crippen molar-refractivity contribution < 1.29 is 24.5 Å². The number of hydrogen-bond donors (Lipinski definition) is 3. The third-order valence-corrected chi connectivity index (χ3v) is 2.73. The first-order valence-electron chi connectivity index (χ1n) is 5.96. The van der Waals surface area contributed by atoms with E-state index in [0.29, 0.717) is 5.75 Å². The Morgan fingerprint density at radius 2 is 2.05 bits per heavy atom. The van der Waals surface area contributed by atoms with Crippen LogP contribution in [0.15, 0.2) is 24.3 Å². The number of aliphatic carboxylic acids is 1. The molecule has 0 saturated carbocycles. The Morgan fingerprint density at radius 1 is 1.40 bits per heavy atom. The van der Waals surface area contributed by atoms with Gasteiger partial charge in [-0.15, -0.1) is 0 Å². The molecule has 1 aromatic rings. The van der Waals surface area contributed by atoms with Crippen molar-refractivity contribution in [3.05, 3.63) is 29.8 Å². The van der Waals surface area contributed by atoms with Crippen LogP contribution in [0.5, 0.6) is 5.75 Å². The lowest BCUT2D eigenvalue weighted by Crippen LogP contribution is -2.48. The Labute approximate surface area is 116 Å². The van der Waals surface area contributed by atoms with Gasteiger partial charge in [-0.2, -0.15) is 0 Å². The maximum Gasteiger partial charge on any atom is 0.328 e. The highest BCUT2D eigenvalue weighted by molar-refractivity contribution is 5.82. The summed E-state index contributed by atoms with van der Waals surface area (Å²) in [6, 6.07) is 5.31. The molecule has 20 heavy (non-hydrogen) atoms. The Bertz CT molecular complexity index is 478. The van der Waals surface area contributed by atoms with E-state index in [1.165, 1.54) is 19.1 Å². The molecule has 0 aliphatic rings. The number of carboxylic acid groups (broad SMARTS) is 1. The van der Waals surface area contributed by atoms with Crippen molar-refractivity contribution in [1.29, 1.82) is 0 Å². The van der Waals surface area contributed by atoms with E-state index < -0.39 is 24.6 Å². The number of aliphatic hydroxyl groups excluding tert-OH is 1. The summed E-state index contributed by atoms with van der Waals surface area (Å²) in [5.74, 6) is -0.643. The van der Waals surface area contributed by atoms with Crippen molar-refractivity contribution in [3.8, 4) is 5.75 Å². The number of nitrogens with zero attached hydrogens (tertiary/aromatic N) is 1. The van der Waals surface area contributed by atoms with Gasteiger partial charge in [0, 0.05) is 12.6 Å². The van der Waals surface area contributed by atoms with Crippen LogP contribution in [-0.4, -0.2) is 53.9 Å². The van der Waals surface area contributed by atoms with Crippen LogP contribution in [-0.2, 0) is 11.3 Å². The lowest BCUT2D eigenvalue weighted by atomic mass is 10.2. The Balaban J connectivity index is 2.68. The molecule has 1 atom stereocenters. The first-order chi connectivity index (χ1) is 9.49. The molecule has 0 spiro atoms. The molecule has 2 amide bonds. The third kappa shape index (κ3) is 4.13. The number of nitrogens with one attached hydrogen (secondary N) is 1. The van der Waals surface area contributed by atoms with E-state index in [9.17, 15) is 9.59 Å². The Hall–Kier alpha value is -2.28. The summed E-state index contributed by atoms with van der Waals surface area (Å²) >= 11 is 0. The number of carbonyl (C=O) groups excluding carboxylic acids is 1. The van der Waals surface area contributed by atoms with E-state index in [0.717, 1.165) is 5.56 Å². The van der Waals surface area contributed by atoms with Crippen molar-refractivity contribution in [2.45, 2.75) is 12.6 Å². The second kappa shape index (κ2) is 7.34. The molecular weight excluding hydrogens is 264 g/mol. The van der Waals surface area contributed by atoms with Crippen LogP contribution in [0.4, 0.5) is 4.79 Å². The van der Waals surface area contributed by atoms with Crippen LogP contribution >= 0.6 is 0 Å². The maximum atomic E-state index is 11.8. The third-order valence-electron chi connectivity index (χ3n) is 2.73. The number of ether oxygens (including phenoxy) is 1. The molecule has 0 aliphatic heterocycles. The number of rotatable bonds is 6. The van der Waals surface area contributed by atoms with Crippen LogP contribution in [0, 0.1) is 0 Å². The predicted molar refractivity (Wildman–Crippen MR) is 71.5 cm³/mol. The van der Waals surface area contributed by atoms with Crippen molar-refractivity contribution in [3.63, 3.8) is 0 Å². The summed E-state index contributed by atoms with van der Waals surface area (Å²) in [7, 11) is 3.06. The summed E-state index contributed by atoms with van der Waals surface area (Å²) in [4.78, 5) is 23.9. The normalized spacial score (nSPS) is 11.6. The zero-order valence-corrected chi connectivity index (χ0v) is 11.4. The van der Waals surface area contributed by atoms with E-state index >= 15 is 0 Å². The molecule has 0 aromatic heterocycles. The summed E-state index contributed by atoms with van der Waals surface area (Å²) in [6.45, 7) is -0.406. The fourth-order valence-electron chi connectivity index (χ4n) is 1.61. The second-order valence-electron chi connectivity index (χ2n) is 4.19. The van der Waals surface area contributed by atoms with Gasteiger partial charge in [-0.3, -0.25) is 0 Å². The van der Waals surface area contributed by atoms with Gasteiger partial charge in [0.05, 0.1) is 20.3 Å². The highest BCUT2D eigenvalue weighted by atomic mass is 16.5. The van der Waals surface area contributed by atoms with Gasteiger partial charge in [0.15, 0.2) is 6.04 Å². The average Bonchev–Trinajstić information content (AvgIpc) is 2.44. The number of carboxylic acids is 1. The fraction of sp³-hybridized carbons (Fsp3) is 0.385. The summed E-state index contributed by atoms with van der Waals surface area (Å²) in [6.07, 6.45) is 0. The molecule has 0 radical (unpaired) electrons. The van der Waals surface area contributed by atoms with E-state index in [1.807, 2.05) is 18.2 Å². The molecule has 110 valence electrons. The molecule has 0 aliphatic carbocycles. The first-order valence-corrected chi connectivity index (χ1v) is 5.96. The monoisotopic (exact) mass is 282 g/mol. The van der Waals surface area contributed by atoms with E-state index in [1.54, 1.807) is 6.07 Å². The van der Waals surface area contributed by atoms with Crippen LogP contribution < -0.4 is 10.1 Å². The molecule has 0 heterocycles. The molecule has 1 aromatic carbocycles. The maximum absolute atomic E-state index is 11.8. The minimum Gasteiger partial charge on any atom is -0.496 e. The smallest absolute Gasteiger partial charge is 0.328 e. The SMILES string of the molecule is COc1ccccc1CN(C)C(=O)NC(CO)C(=O)O. The van der Waals surface area contributed by atoms with Crippen molar-refractivity contribution in [1.82, 2.24) is 10.2 Å². The molecule has 0 saturated heterocycles. The topological polar surface area (TPSA) is 99.1 Å². The van der Waals surface area contributed by atoms with Gasteiger partial charge in [0.1, 0.15) is 5.75 Å². The molecule has 3 N–H and O–H groups in total. The van der Waals surface area contributed by atoms with E-state index in [-0.39, 0.29) is 6.54 Å². The summed E-state index contributed by atoms with van der Waals surface area (Å²) < 4.78 is 5.17. The number of amides is 2. The fourth-order valence-corrected chi connectivity index (χ4v) is 1.61. The minimum absolute atomic E-state index is 0.258. The quantitative estimate of drug-likeness (QED) is 0.696. The van der Waals surface area contributed by atoms with Gasteiger partial charge in [-0.1, -0.05) is 18.2 Å². The van der Waals surface area contributed by atoms with E-state index in [2.05, 4.69) is 5.32 Å². The van der Waals surface area contributed by atoms with Gasteiger partial charge >= 0.3 is 12.0 Å². The van der Waals surface area contributed by atoms with Crippen LogP contribution in [0.1, 0.15) is 5.56 Å². The second-order valence-corrected chi connectivity index (χ2v) is 4.19. The summed E-state index contributed by atoms with van der Waals surface area (Å²) in [5, 5.41) is 19.8. The van der Waals surface area contributed by atoms with Crippen LogP contribution in [0.2, 0.25) is 0 Å². The number of para-hydroxylation sites is 1. The molecular formula is C13H18N2O5. The Kier molecular flexibility index (Phi) is 5.79. The summed E-state index contributed by atoms with van der Waals surface area (Å²) in [5.41, 5.74) is 0.795. The number of hydrogen-bond acceptors (Lipinski definition) is 4. The number of aliphatic hydroxyl groups is 1. The lowest BCUT2D eigenvalue weighted by Gasteiger charge is -2.21. The molecule has 0 bridgehead atoms. The molecule has 1 unspecified atom stereocenters. The number of carbonyl (C=O) groups is 2. The van der Waals surface area contributed by atoms with Gasteiger partial charge in [-0.25, -0.2) is 9.59 Å². The standard InChI is InChI=1S/C13H18N2O5/c1-15(13(19)14-10(8-16)12(17)18)7-9-5-3-4-6-11(9)20-2/h3-6,10,16H,7-8H2,1-2H3,(H,14,19)(H,17,18). The van der Waals surface area contributed by atoms with Gasteiger partial charge in [-0.05, 0) is 6.07 Å². The van der Waals surface area contributed by atoms with Crippen LogP contribution in [0.3, 0.4) is 0 Å². The lowest BCUT2D eigenvalue weighted by molar-refractivity contribution is -0.140. The van der Waals surface area contributed by atoms with Gasteiger partial charge in [0.25, 0.3) is 0 Å². The zero-order chi connectivity index (χ0) is 15.1.